The highest BCUT2D eigenvalue weighted by Crippen LogP contribution is 2.43. The topological polar surface area (TPSA) is 73.3 Å². The van der Waals surface area contributed by atoms with Gasteiger partial charge in [-0.25, -0.2) is 4.79 Å². The summed E-state index contributed by atoms with van der Waals surface area (Å²) in [7, 11) is 0. The first-order valence-electron chi connectivity index (χ1n) is 11.3. The summed E-state index contributed by atoms with van der Waals surface area (Å²) in [5, 5.41) is 9.80. The van der Waals surface area contributed by atoms with Crippen LogP contribution in [-0.4, -0.2) is 66.9 Å². The number of hydrogen-bond acceptors (Lipinski definition) is 5. The van der Waals surface area contributed by atoms with Crippen molar-refractivity contribution in [3.8, 4) is 0 Å². The quantitative estimate of drug-likeness (QED) is 0.825. The summed E-state index contributed by atoms with van der Waals surface area (Å²) in [6, 6.07) is 8.35. The molecule has 4 aliphatic rings. The number of amides is 2. The van der Waals surface area contributed by atoms with Crippen molar-refractivity contribution in [3.05, 3.63) is 24.3 Å². The Hall–Kier alpha value is -2.28. The van der Waals surface area contributed by atoms with Crippen molar-refractivity contribution in [3.63, 3.8) is 0 Å². The zero-order valence-electron chi connectivity index (χ0n) is 17.5. The molecule has 7 nitrogen and oxygen atoms in total. The molecule has 0 bridgehead atoms. The molecule has 1 saturated carbocycles. The lowest BCUT2D eigenvalue weighted by Gasteiger charge is -2.41. The van der Waals surface area contributed by atoms with E-state index in [2.05, 4.69) is 21.9 Å². The molecule has 162 valence electrons. The van der Waals surface area contributed by atoms with E-state index in [4.69, 9.17) is 4.74 Å². The molecule has 7 heteroatoms. The Morgan fingerprint density at radius 2 is 1.67 bits per heavy atom. The van der Waals surface area contributed by atoms with E-state index in [1.165, 1.54) is 0 Å². The molecule has 30 heavy (non-hydrogen) atoms. The van der Waals surface area contributed by atoms with Crippen LogP contribution >= 0.6 is 0 Å². The first-order chi connectivity index (χ1) is 14.6. The second-order valence-electron chi connectivity index (χ2n) is 9.30. The van der Waals surface area contributed by atoms with E-state index in [0.717, 1.165) is 76.0 Å². The molecule has 2 amide bonds. The van der Waals surface area contributed by atoms with E-state index in [1.54, 1.807) is 4.90 Å². The summed E-state index contributed by atoms with van der Waals surface area (Å²) in [5.41, 5.74) is 1.69. The Morgan fingerprint density at radius 3 is 2.37 bits per heavy atom. The summed E-state index contributed by atoms with van der Waals surface area (Å²) < 4.78 is 5.03. The van der Waals surface area contributed by atoms with Crippen LogP contribution in [0, 0.1) is 5.41 Å². The molecule has 1 atom stereocenters. The number of anilines is 2. The van der Waals surface area contributed by atoms with Gasteiger partial charge in [0.05, 0.1) is 18.1 Å². The Bertz CT molecular complexity index is 805. The molecule has 1 aromatic rings. The predicted octanol–water partition coefficient (Wildman–Crippen LogP) is 2.77. The molecule has 1 N–H and O–H groups in total. The fraction of sp³-hybridized carbons (Fsp3) is 0.652. The van der Waals surface area contributed by atoms with E-state index in [-0.39, 0.29) is 17.6 Å². The zero-order chi connectivity index (χ0) is 20.7. The maximum Gasteiger partial charge on any atom is 0.414 e. The third-order valence-electron chi connectivity index (χ3n) is 7.52. The van der Waals surface area contributed by atoms with Gasteiger partial charge in [-0.3, -0.25) is 9.69 Å². The second-order valence-corrected chi connectivity index (χ2v) is 9.30. The second kappa shape index (κ2) is 7.76. The van der Waals surface area contributed by atoms with Crippen molar-refractivity contribution in [1.29, 1.82) is 0 Å². The number of piperidine rings is 1. The average Bonchev–Trinajstić information content (AvgIpc) is 3.33. The van der Waals surface area contributed by atoms with Crippen LogP contribution in [0.25, 0.3) is 0 Å². The van der Waals surface area contributed by atoms with Gasteiger partial charge in [0.15, 0.2) is 0 Å². The minimum absolute atomic E-state index is 0.191. The summed E-state index contributed by atoms with van der Waals surface area (Å²) >= 11 is 0. The number of benzene rings is 1. The molecular weight excluding hydrogens is 382 g/mol. The van der Waals surface area contributed by atoms with Crippen LogP contribution in [0.3, 0.4) is 0 Å². The fourth-order valence-electron chi connectivity index (χ4n) is 5.77. The largest absolute Gasteiger partial charge is 0.447 e. The van der Waals surface area contributed by atoms with Crippen molar-refractivity contribution in [2.45, 2.75) is 57.1 Å². The minimum Gasteiger partial charge on any atom is -0.447 e. The molecule has 3 aliphatic heterocycles. The van der Waals surface area contributed by atoms with Gasteiger partial charge in [-0.2, -0.15) is 0 Å². The Kier molecular flexibility index (Phi) is 5.09. The van der Waals surface area contributed by atoms with Gasteiger partial charge in [0.2, 0.25) is 5.91 Å². The first-order valence-corrected chi connectivity index (χ1v) is 11.3. The van der Waals surface area contributed by atoms with E-state index in [1.807, 2.05) is 12.1 Å². The minimum atomic E-state index is -0.286. The van der Waals surface area contributed by atoms with Gasteiger partial charge in [-0.05, 0) is 69.2 Å². The summed E-state index contributed by atoms with van der Waals surface area (Å²) in [4.78, 5) is 31.4. The third kappa shape index (κ3) is 3.43. The maximum absolute atomic E-state index is 13.5. The van der Waals surface area contributed by atoms with Gasteiger partial charge in [-0.1, -0.05) is 0 Å². The van der Waals surface area contributed by atoms with E-state index in [9.17, 15) is 14.7 Å². The maximum atomic E-state index is 13.5. The fourth-order valence-corrected chi connectivity index (χ4v) is 5.77. The number of carbonyl (C=O) groups excluding carboxylic acids is 2. The Balaban J connectivity index is 1.28. The van der Waals surface area contributed by atoms with Gasteiger partial charge in [0, 0.05) is 37.1 Å². The number of nitrogens with zero attached hydrogens (tertiary/aromatic N) is 3. The molecular formula is C23H31N3O4. The molecule has 0 unspecified atom stereocenters. The van der Waals surface area contributed by atoms with Crippen LogP contribution in [0.1, 0.15) is 44.9 Å². The summed E-state index contributed by atoms with van der Waals surface area (Å²) in [5.74, 6) is 0.324. The van der Waals surface area contributed by atoms with Crippen molar-refractivity contribution in [1.82, 2.24) is 4.90 Å². The number of cyclic esters (lactones) is 1. The number of ether oxygens (including phenoxy) is 1. The van der Waals surface area contributed by atoms with Crippen LogP contribution in [0.2, 0.25) is 0 Å². The lowest BCUT2D eigenvalue weighted by molar-refractivity contribution is -0.139. The van der Waals surface area contributed by atoms with Gasteiger partial charge >= 0.3 is 6.09 Å². The van der Waals surface area contributed by atoms with Gasteiger partial charge in [0.1, 0.15) is 6.61 Å². The number of carbonyl (C=O) groups is 2. The normalized spacial score (nSPS) is 32.2. The highest BCUT2D eigenvalue weighted by molar-refractivity contribution is 5.89. The monoisotopic (exact) mass is 413 g/mol. The van der Waals surface area contributed by atoms with E-state index in [0.29, 0.717) is 25.1 Å². The zero-order valence-corrected chi connectivity index (χ0v) is 17.5. The number of rotatable bonds is 3. The number of aliphatic hydroxyl groups is 1. The van der Waals surface area contributed by atoms with Gasteiger partial charge < -0.3 is 19.6 Å². The molecule has 1 spiro atoms. The van der Waals surface area contributed by atoms with Crippen LogP contribution in [0.4, 0.5) is 16.2 Å². The van der Waals surface area contributed by atoms with Crippen LogP contribution in [0.5, 0.6) is 0 Å². The predicted molar refractivity (Wildman–Crippen MR) is 114 cm³/mol. The SMILES string of the molecule is O=C1OCCN1c1ccc(N2CCC[C@]3(CCN(C4CCC(O)CC4)C3=O)C2)cc1. The van der Waals surface area contributed by atoms with Crippen molar-refractivity contribution in [2.75, 3.05) is 42.6 Å². The molecule has 0 radical (unpaired) electrons. The summed E-state index contributed by atoms with van der Waals surface area (Å²) in [6.07, 6.45) is 5.90. The summed E-state index contributed by atoms with van der Waals surface area (Å²) in [6.45, 7) is 3.60. The van der Waals surface area contributed by atoms with Crippen LogP contribution < -0.4 is 9.80 Å². The molecule has 0 aromatic heterocycles. The number of likely N-dealkylation sites (tertiary alicyclic amines) is 1. The van der Waals surface area contributed by atoms with Crippen LogP contribution in [0.15, 0.2) is 24.3 Å². The molecule has 3 heterocycles. The molecule has 4 fully saturated rings. The highest BCUT2D eigenvalue weighted by atomic mass is 16.6. The van der Waals surface area contributed by atoms with E-state index >= 15 is 0 Å². The average molecular weight is 414 g/mol. The van der Waals surface area contributed by atoms with E-state index < -0.39 is 0 Å². The highest BCUT2D eigenvalue weighted by Gasteiger charge is 2.50. The number of hydrogen-bond donors (Lipinski definition) is 1. The molecule has 1 aliphatic carbocycles. The Morgan fingerprint density at radius 1 is 0.933 bits per heavy atom. The smallest absolute Gasteiger partial charge is 0.414 e. The molecule has 1 aromatic carbocycles. The lowest BCUT2D eigenvalue weighted by Crippen LogP contribution is -2.50. The number of aliphatic hydroxyl groups excluding tert-OH is 1. The Labute approximate surface area is 177 Å². The molecule has 5 rings (SSSR count). The van der Waals surface area contributed by atoms with Gasteiger partial charge in [0.25, 0.3) is 0 Å². The lowest BCUT2D eigenvalue weighted by atomic mass is 9.78. The van der Waals surface area contributed by atoms with Crippen molar-refractivity contribution < 1.29 is 19.4 Å². The van der Waals surface area contributed by atoms with Crippen molar-refractivity contribution >= 4 is 23.4 Å². The van der Waals surface area contributed by atoms with Crippen LogP contribution in [-0.2, 0) is 9.53 Å². The third-order valence-corrected chi connectivity index (χ3v) is 7.52. The van der Waals surface area contributed by atoms with Gasteiger partial charge in [-0.15, -0.1) is 0 Å². The molecule has 3 saturated heterocycles. The van der Waals surface area contributed by atoms with Crippen molar-refractivity contribution in [2.24, 2.45) is 5.41 Å². The first kappa shape index (κ1) is 19.7. The standard InChI is InChI=1S/C23H31N3O4/c27-20-8-6-18(7-9-20)25-13-11-23(21(25)28)10-1-12-24(16-23)17-2-4-19(5-3-17)26-14-15-30-22(26)29/h2-5,18,20,27H,1,6-16H2/t18?,20?,23-/m0/s1.